The Hall–Kier alpha value is -5.12. The summed E-state index contributed by atoms with van der Waals surface area (Å²) in [5.74, 6) is -0.748. The van der Waals surface area contributed by atoms with Crippen molar-refractivity contribution in [1.82, 2.24) is 10.2 Å². The van der Waals surface area contributed by atoms with Crippen LogP contribution in [0.5, 0.6) is 5.75 Å². The Morgan fingerprint density at radius 3 is 2.20 bits per heavy atom. The third-order valence-corrected chi connectivity index (χ3v) is 13.3. The van der Waals surface area contributed by atoms with E-state index < -0.39 is 17.8 Å². The molecule has 2 atom stereocenters. The number of benzene rings is 3. The SMILES string of the molecule is Cc1cc(OC2C(C)(C)C(CC(=O)c3ccc(N4CCO[C@@H](CN5CCN(c6ccc(C(=O)N[C@H]7CCC(=O)CC7=O)c(F)c6)CC5)C4)cc3)C2(C)C)cc(C)c1C#N. The zero-order valence-corrected chi connectivity index (χ0v) is 35.1. The molecular formula is C47H56FN5O6. The van der Waals surface area contributed by atoms with Crippen molar-refractivity contribution in [2.45, 2.75) is 85.5 Å². The van der Waals surface area contributed by atoms with Crippen LogP contribution < -0.4 is 19.9 Å². The molecule has 2 aliphatic carbocycles. The quantitative estimate of drug-likeness (QED) is 0.170. The fraction of sp³-hybridized carbons (Fsp3) is 0.511. The lowest BCUT2D eigenvalue weighted by atomic mass is 9.44. The molecular weight excluding hydrogens is 750 g/mol. The lowest BCUT2D eigenvalue weighted by Crippen LogP contribution is -2.66. The van der Waals surface area contributed by atoms with E-state index in [9.17, 15) is 24.4 Å². The Labute approximate surface area is 346 Å². The number of anilines is 2. The van der Waals surface area contributed by atoms with E-state index in [2.05, 4.69) is 53.8 Å². The molecule has 1 N–H and O–H groups in total. The Bertz CT molecular complexity index is 2110. The molecule has 2 heterocycles. The van der Waals surface area contributed by atoms with Crippen LogP contribution in [0.3, 0.4) is 0 Å². The normalized spacial score (nSPS) is 24.2. The third kappa shape index (κ3) is 8.78. The Balaban J connectivity index is 0.879. The molecule has 12 heteroatoms. The van der Waals surface area contributed by atoms with Gasteiger partial charge in [0.25, 0.3) is 5.91 Å². The van der Waals surface area contributed by atoms with Crippen LogP contribution in [0.15, 0.2) is 54.6 Å². The topological polar surface area (TPSA) is 132 Å². The number of carbonyl (C=O) groups excluding carboxylic acids is 4. The molecule has 0 radical (unpaired) electrons. The first kappa shape index (κ1) is 42.0. The van der Waals surface area contributed by atoms with Crippen molar-refractivity contribution >= 4 is 34.6 Å². The molecule has 1 amide bonds. The molecule has 3 aromatic carbocycles. The molecule has 7 rings (SSSR count). The van der Waals surface area contributed by atoms with E-state index in [1.54, 1.807) is 6.07 Å². The van der Waals surface area contributed by atoms with Crippen LogP contribution in [0.1, 0.15) is 90.8 Å². The van der Waals surface area contributed by atoms with Gasteiger partial charge in [-0.25, -0.2) is 4.39 Å². The van der Waals surface area contributed by atoms with E-state index in [-0.39, 0.29) is 71.1 Å². The summed E-state index contributed by atoms with van der Waals surface area (Å²) in [4.78, 5) is 56.9. The summed E-state index contributed by atoms with van der Waals surface area (Å²) in [6.07, 6.45) is 0.642. The molecule has 2 saturated carbocycles. The number of piperazine rings is 1. The first-order valence-corrected chi connectivity index (χ1v) is 20.8. The highest BCUT2D eigenvalue weighted by atomic mass is 19.1. The molecule has 11 nitrogen and oxygen atoms in total. The first-order valence-electron chi connectivity index (χ1n) is 20.8. The van der Waals surface area contributed by atoms with Gasteiger partial charge in [0.05, 0.1) is 42.4 Å². The molecule has 4 fully saturated rings. The minimum atomic E-state index is -0.763. The zero-order valence-electron chi connectivity index (χ0n) is 35.1. The highest BCUT2D eigenvalue weighted by molar-refractivity contribution is 6.06. The van der Waals surface area contributed by atoms with Crippen molar-refractivity contribution in [2.75, 3.05) is 62.2 Å². The van der Waals surface area contributed by atoms with E-state index in [1.807, 2.05) is 50.2 Å². The molecule has 0 aromatic heterocycles. The number of ketones is 3. The average Bonchev–Trinajstić information content (AvgIpc) is 3.20. The number of aryl methyl sites for hydroxylation is 2. The van der Waals surface area contributed by atoms with E-state index in [0.29, 0.717) is 42.9 Å². The number of Topliss-reactive ketones (excluding diaryl/α,β-unsaturated/α-hetero) is 3. The van der Waals surface area contributed by atoms with Crippen LogP contribution in [-0.4, -0.2) is 98.8 Å². The van der Waals surface area contributed by atoms with E-state index in [1.165, 1.54) is 12.1 Å². The monoisotopic (exact) mass is 805 g/mol. The van der Waals surface area contributed by atoms with Crippen LogP contribution in [0.25, 0.3) is 0 Å². The predicted molar refractivity (Wildman–Crippen MR) is 224 cm³/mol. The standard InChI is InChI=1S/C47H56FN5O6/c1-29-21-35(22-30(2)38(29)26-49)59-45-46(3,4)43(47(45,5)6)25-41(55)31-7-9-32(10-8-31)53-19-20-58-36(28-53)27-51-15-17-52(18-16-51)33-11-13-37(39(48)23-33)44(57)50-40-14-12-34(54)24-42(40)56/h7-11,13,21-23,36,40,43,45H,12,14-20,24-25,27-28H2,1-6H3,(H,50,57)/t36-,40-,43?,45?/m0/s1. The largest absolute Gasteiger partial charge is 0.489 e. The maximum atomic E-state index is 15.1. The lowest BCUT2D eigenvalue weighted by molar-refractivity contribution is -0.196. The summed E-state index contributed by atoms with van der Waals surface area (Å²) in [5, 5.41) is 12.1. The van der Waals surface area contributed by atoms with Gasteiger partial charge in [-0.1, -0.05) is 27.7 Å². The highest BCUT2D eigenvalue weighted by Crippen LogP contribution is 2.61. The lowest BCUT2D eigenvalue weighted by Gasteiger charge is -2.63. The number of nitrogens with zero attached hydrogens (tertiary/aromatic N) is 4. The summed E-state index contributed by atoms with van der Waals surface area (Å²) in [6, 6.07) is 17.9. The first-order chi connectivity index (χ1) is 28.0. The third-order valence-electron chi connectivity index (χ3n) is 13.3. The Morgan fingerprint density at radius 2 is 1.58 bits per heavy atom. The predicted octanol–water partition coefficient (Wildman–Crippen LogP) is 6.46. The second-order valence-electron chi connectivity index (χ2n) is 18.0. The molecule has 0 unspecified atom stereocenters. The van der Waals surface area contributed by atoms with Gasteiger partial charge in [0.15, 0.2) is 11.6 Å². The van der Waals surface area contributed by atoms with Gasteiger partial charge in [-0.15, -0.1) is 0 Å². The summed E-state index contributed by atoms with van der Waals surface area (Å²) in [5.41, 5.74) is 4.38. The van der Waals surface area contributed by atoms with E-state index in [4.69, 9.17) is 9.47 Å². The van der Waals surface area contributed by atoms with Gasteiger partial charge in [-0.05, 0) is 91.9 Å². The summed E-state index contributed by atoms with van der Waals surface area (Å²) in [7, 11) is 0. The number of carbonyl (C=O) groups is 4. The van der Waals surface area contributed by atoms with Crippen LogP contribution in [0.2, 0.25) is 0 Å². The molecule has 312 valence electrons. The molecule has 2 saturated heterocycles. The number of ether oxygens (including phenoxy) is 2. The molecule has 0 bridgehead atoms. The number of nitrogens with one attached hydrogen (secondary N) is 1. The minimum Gasteiger partial charge on any atom is -0.489 e. The van der Waals surface area contributed by atoms with Gasteiger partial charge in [0.2, 0.25) is 0 Å². The number of morpholine rings is 1. The molecule has 0 spiro atoms. The highest BCUT2D eigenvalue weighted by Gasteiger charge is 2.63. The van der Waals surface area contributed by atoms with Crippen molar-refractivity contribution in [3.63, 3.8) is 0 Å². The number of hydrogen-bond acceptors (Lipinski definition) is 10. The van der Waals surface area contributed by atoms with Gasteiger partial charge >= 0.3 is 0 Å². The number of hydrogen-bond donors (Lipinski definition) is 1. The molecule has 59 heavy (non-hydrogen) atoms. The minimum absolute atomic E-state index is 0.0105. The Kier molecular flexibility index (Phi) is 12.0. The Morgan fingerprint density at radius 1 is 0.915 bits per heavy atom. The molecule has 4 aliphatic rings. The van der Waals surface area contributed by atoms with Gasteiger partial charge in [-0.3, -0.25) is 24.1 Å². The van der Waals surface area contributed by atoms with Crippen molar-refractivity contribution in [2.24, 2.45) is 16.7 Å². The maximum absolute atomic E-state index is 15.1. The second-order valence-corrected chi connectivity index (χ2v) is 18.0. The van der Waals surface area contributed by atoms with Crippen molar-refractivity contribution in [3.8, 4) is 11.8 Å². The van der Waals surface area contributed by atoms with Gasteiger partial charge in [-0.2, -0.15) is 5.26 Å². The molecule has 2 aliphatic heterocycles. The average molecular weight is 806 g/mol. The fourth-order valence-electron chi connectivity index (χ4n) is 10.2. The summed E-state index contributed by atoms with van der Waals surface area (Å²) in [6.45, 7) is 18.4. The van der Waals surface area contributed by atoms with E-state index in [0.717, 1.165) is 55.3 Å². The van der Waals surface area contributed by atoms with Crippen LogP contribution in [-0.2, 0) is 14.3 Å². The maximum Gasteiger partial charge on any atom is 0.254 e. The molecule has 3 aromatic rings. The summed E-state index contributed by atoms with van der Waals surface area (Å²) >= 11 is 0. The van der Waals surface area contributed by atoms with Crippen LogP contribution >= 0.6 is 0 Å². The summed E-state index contributed by atoms with van der Waals surface area (Å²) < 4.78 is 27.9. The number of halogens is 1. The van der Waals surface area contributed by atoms with Crippen LogP contribution in [0, 0.1) is 47.7 Å². The van der Waals surface area contributed by atoms with Gasteiger partial charge < -0.3 is 24.6 Å². The number of amides is 1. The van der Waals surface area contributed by atoms with E-state index >= 15 is 4.39 Å². The second kappa shape index (κ2) is 16.9. The fourth-order valence-corrected chi connectivity index (χ4v) is 10.2. The van der Waals surface area contributed by atoms with Crippen molar-refractivity contribution in [3.05, 3.63) is 88.2 Å². The number of nitriles is 1. The van der Waals surface area contributed by atoms with Crippen molar-refractivity contribution < 1.29 is 33.0 Å². The smallest absolute Gasteiger partial charge is 0.254 e. The zero-order chi connectivity index (χ0) is 42.2. The van der Waals surface area contributed by atoms with Gasteiger partial charge in [0.1, 0.15) is 23.5 Å². The van der Waals surface area contributed by atoms with Gasteiger partial charge in [0, 0.05) is 86.4 Å². The van der Waals surface area contributed by atoms with Crippen LogP contribution in [0.4, 0.5) is 15.8 Å². The van der Waals surface area contributed by atoms with Crippen molar-refractivity contribution in [1.29, 1.82) is 5.26 Å². The number of rotatable bonds is 11.